The quantitative estimate of drug-likeness (QED) is 0.703. The van der Waals surface area contributed by atoms with E-state index in [9.17, 15) is 4.79 Å². The van der Waals surface area contributed by atoms with Crippen molar-refractivity contribution in [1.82, 2.24) is 20.1 Å². The highest BCUT2D eigenvalue weighted by Crippen LogP contribution is 2.41. The second-order valence-corrected chi connectivity index (χ2v) is 7.80. The number of nitrogens with one attached hydrogen (secondary N) is 1. The number of pyridine rings is 1. The molecule has 28 heavy (non-hydrogen) atoms. The van der Waals surface area contributed by atoms with Gasteiger partial charge in [0.15, 0.2) is 0 Å². The largest absolute Gasteiger partial charge is 0.350 e. The number of rotatable bonds is 5. The van der Waals surface area contributed by atoms with E-state index in [4.69, 9.17) is 11.6 Å². The van der Waals surface area contributed by atoms with Gasteiger partial charge in [-0.15, -0.1) is 0 Å². The molecular formula is C22H23ClN4O. The molecule has 144 valence electrons. The number of aromatic nitrogens is 3. The lowest BCUT2D eigenvalue weighted by atomic mass is 9.78. The van der Waals surface area contributed by atoms with E-state index in [1.54, 1.807) is 12.4 Å². The number of benzene rings is 1. The van der Waals surface area contributed by atoms with Crippen molar-refractivity contribution in [3.8, 4) is 11.3 Å². The van der Waals surface area contributed by atoms with Gasteiger partial charge in [0.25, 0.3) is 0 Å². The molecule has 4 rings (SSSR count). The van der Waals surface area contributed by atoms with Gasteiger partial charge in [0, 0.05) is 30.0 Å². The number of nitrogens with zero attached hydrogens (tertiary/aromatic N) is 3. The van der Waals surface area contributed by atoms with Crippen molar-refractivity contribution in [2.45, 2.75) is 37.6 Å². The summed E-state index contributed by atoms with van der Waals surface area (Å²) in [4.78, 5) is 17.3. The molecule has 0 bridgehead atoms. The lowest BCUT2D eigenvalue weighted by molar-refractivity contribution is -0.126. The summed E-state index contributed by atoms with van der Waals surface area (Å²) < 4.78 is 1.82. The maximum Gasteiger partial charge on any atom is 0.230 e. The van der Waals surface area contributed by atoms with Gasteiger partial charge >= 0.3 is 0 Å². The van der Waals surface area contributed by atoms with Crippen LogP contribution in [0.2, 0.25) is 5.02 Å². The summed E-state index contributed by atoms with van der Waals surface area (Å²) in [6.07, 6.45) is 7.37. The summed E-state index contributed by atoms with van der Waals surface area (Å²) in [5.41, 5.74) is 3.44. The van der Waals surface area contributed by atoms with E-state index in [0.29, 0.717) is 11.6 Å². The van der Waals surface area contributed by atoms with E-state index >= 15 is 0 Å². The Kier molecular flexibility index (Phi) is 5.18. The van der Waals surface area contributed by atoms with Gasteiger partial charge in [-0.3, -0.25) is 14.5 Å². The molecule has 1 saturated carbocycles. The van der Waals surface area contributed by atoms with Crippen molar-refractivity contribution in [2.24, 2.45) is 7.05 Å². The average Bonchev–Trinajstić information content (AvgIpc) is 3.35. The summed E-state index contributed by atoms with van der Waals surface area (Å²) in [5, 5.41) is 8.41. The predicted molar refractivity (Wildman–Crippen MR) is 110 cm³/mol. The Bertz CT molecular complexity index is 960. The van der Waals surface area contributed by atoms with Gasteiger partial charge in [0.2, 0.25) is 5.91 Å². The molecule has 1 aromatic carbocycles. The van der Waals surface area contributed by atoms with E-state index in [1.165, 1.54) is 0 Å². The molecule has 2 heterocycles. The van der Waals surface area contributed by atoms with Crippen LogP contribution in [0.25, 0.3) is 11.3 Å². The molecule has 0 spiro atoms. The van der Waals surface area contributed by atoms with Crippen LogP contribution in [0.4, 0.5) is 0 Å². The number of aryl methyl sites for hydroxylation is 1. The first-order valence-electron chi connectivity index (χ1n) is 9.56. The third-order valence-electron chi connectivity index (χ3n) is 5.67. The van der Waals surface area contributed by atoms with Gasteiger partial charge in [0.1, 0.15) is 0 Å². The number of carbonyl (C=O) groups is 1. The Morgan fingerprint density at radius 1 is 1.14 bits per heavy atom. The molecule has 1 aliphatic rings. The minimum atomic E-state index is -0.461. The fourth-order valence-corrected chi connectivity index (χ4v) is 4.20. The summed E-state index contributed by atoms with van der Waals surface area (Å²) in [7, 11) is 1.90. The van der Waals surface area contributed by atoms with Crippen LogP contribution in [-0.2, 0) is 23.8 Å². The van der Waals surface area contributed by atoms with E-state index in [2.05, 4.69) is 15.4 Å². The molecule has 0 aliphatic heterocycles. The summed E-state index contributed by atoms with van der Waals surface area (Å²) in [6.45, 7) is 0.447. The van der Waals surface area contributed by atoms with E-state index in [1.807, 2.05) is 54.2 Å². The highest BCUT2D eigenvalue weighted by molar-refractivity contribution is 6.30. The molecule has 1 amide bonds. The minimum absolute atomic E-state index is 0.0824. The van der Waals surface area contributed by atoms with Crippen LogP contribution in [-0.4, -0.2) is 20.7 Å². The third-order valence-corrected chi connectivity index (χ3v) is 5.92. The van der Waals surface area contributed by atoms with Crippen molar-refractivity contribution < 1.29 is 4.79 Å². The van der Waals surface area contributed by atoms with Crippen molar-refractivity contribution in [3.63, 3.8) is 0 Å². The van der Waals surface area contributed by atoms with Crippen LogP contribution >= 0.6 is 11.6 Å². The Hall–Kier alpha value is -2.66. The third kappa shape index (κ3) is 3.54. The first-order valence-corrected chi connectivity index (χ1v) is 9.94. The van der Waals surface area contributed by atoms with Crippen molar-refractivity contribution >= 4 is 17.5 Å². The molecule has 5 nitrogen and oxygen atoms in total. The zero-order valence-corrected chi connectivity index (χ0v) is 16.6. The second-order valence-electron chi connectivity index (χ2n) is 7.36. The number of halogens is 1. The van der Waals surface area contributed by atoms with E-state index in [-0.39, 0.29) is 5.91 Å². The Balaban J connectivity index is 1.52. The average molecular weight is 395 g/mol. The molecule has 0 unspecified atom stereocenters. The number of amides is 1. The van der Waals surface area contributed by atoms with Crippen LogP contribution in [0.15, 0.2) is 54.9 Å². The molecule has 6 heteroatoms. The zero-order valence-electron chi connectivity index (χ0n) is 15.9. The van der Waals surface area contributed by atoms with Crippen molar-refractivity contribution in [3.05, 3.63) is 71.1 Å². The molecule has 0 saturated heterocycles. The lowest BCUT2D eigenvalue weighted by Gasteiger charge is -2.28. The van der Waals surface area contributed by atoms with Crippen molar-refractivity contribution in [2.75, 3.05) is 0 Å². The number of carbonyl (C=O) groups excluding carboxylic acids is 1. The predicted octanol–water partition coefficient (Wildman–Crippen LogP) is 4.26. The first kappa shape index (κ1) is 18.7. The van der Waals surface area contributed by atoms with E-state index in [0.717, 1.165) is 48.2 Å². The SMILES string of the molecule is Cn1nc(-c2ccncc2)cc1CNC(=O)C1(c2ccc(Cl)cc2)CCCC1. The highest BCUT2D eigenvalue weighted by Gasteiger charge is 2.42. The van der Waals surface area contributed by atoms with Gasteiger partial charge in [-0.05, 0) is 48.7 Å². The lowest BCUT2D eigenvalue weighted by Crippen LogP contribution is -2.42. The van der Waals surface area contributed by atoms with Gasteiger partial charge in [-0.1, -0.05) is 36.6 Å². The standard InChI is InChI=1S/C22H23ClN4O/c1-27-19(14-20(26-27)16-8-12-24-13-9-16)15-25-21(28)22(10-2-3-11-22)17-4-6-18(23)7-5-17/h4-9,12-14H,2-3,10-11,15H2,1H3,(H,25,28). The van der Waals surface area contributed by atoms with Gasteiger partial charge in [-0.25, -0.2) is 0 Å². The fourth-order valence-electron chi connectivity index (χ4n) is 4.07. The first-order chi connectivity index (χ1) is 13.6. The van der Waals surface area contributed by atoms with Crippen LogP contribution in [0, 0.1) is 0 Å². The molecule has 1 fully saturated rings. The Morgan fingerprint density at radius 3 is 2.50 bits per heavy atom. The summed E-state index contributed by atoms with van der Waals surface area (Å²) in [6, 6.07) is 13.6. The molecule has 3 aromatic rings. The van der Waals surface area contributed by atoms with Crippen LogP contribution in [0.3, 0.4) is 0 Å². The maximum atomic E-state index is 13.2. The molecule has 0 radical (unpaired) electrons. The van der Waals surface area contributed by atoms with E-state index < -0.39 is 5.41 Å². The minimum Gasteiger partial charge on any atom is -0.350 e. The van der Waals surface area contributed by atoms with Crippen LogP contribution in [0.5, 0.6) is 0 Å². The number of hydrogen-bond acceptors (Lipinski definition) is 3. The summed E-state index contributed by atoms with van der Waals surface area (Å²) >= 11 is 6.04. The normalized spacial score (nSPS) is 15.5. The zero-order chi connectivity index (χ0) is 19.6. The fraction of sp³-hybridized carbons (Fsp3) is 0.318. The van der Waals surface area contributed by atoms with Crippen LogP contribution in [0.1, 0.15) is 36.9 Å². The van der Waals surface area contributed by atoms with Gasteiger partial charge in [0.05, 0.1) is 23.3 Å². The Labute approximate surface area is 169 Å². The molecular weight excluding hydrogens is 372 g/mol. The van der Waals surface area contributed by atoms with Crippen LogP contribution < -0.4 is 5.32 Å². The van der Waals surface area contributed by atoms with Crippen molar-refractivity contribution in [1.29, 1.82) is 0 Å². The smallest absolute Gasteiger partial charge is 0.230 e. The molecule has 1 N–H and O–H groups in total. The number of hydrogen-bond donors (Lipinski definition) is 1. The summed E-state index contributed by atoms with van der Waals surface area (Å²) in [5.74, 6) is 0.0824. The molecule has 1 aliphatic carbocycles. The molecule has 0 atom stereocenters. The highest BCUT2D eigenvalue weighted by atomic mass is 35.5. The molecule has 2 aromatic heterocycles. The maximum absolute atomic E-state index is 13.2. The topological polar surface area (TPSA) is 59.8 Å². The monoisotopic (exact) mass is 394 g/mol. The van der Waals surface area contributed by atoms with Gasteiger partial charge < -0.3 is 5.32 Å². The Morgan fingerprint density at radius 2 is 1.82 bits per heavy atom. The second kappa shape index (κ2) is 7.76. The van der Waals surface area contributed by atoms with Gasteiger partial charge in [-0.2, -0.15) is 5.10 Å².